The Hall–Kier alpha value is -2.58. The average Bonchev–Trinajstić information content (AvgIpc) is 2.78. The number of benzene rings is 1. The van der Waals surface area contributed by atoms with Crippen molar-refractivity contribution in [1.82, 2.24) is 20.0 Å². The van der Waals surface area contributed by atoms with Crippen molar-refractivity contribution in [3.8, 4) is 0 Å². The maximum Gasteiger partial charge on any atom is 0.338 e. The molecule has 0 radical (unpaired) electrons. The Labute approximate surface area is 205 Å². The molecule has 9 heteroatoms. The van der Waals surface area contributed by atoms with Crippen LogP contribution in [-0.2, 0) is 14.3 Å². The van der Waals surface area contributed by atoms with Crippen LogP contribution < -0.4 is 5.32 Å². The Bertz CT molecular complexity index is 969. The van der Waals surface area contributed by atoms with Gasteiger partial charge in [0, 0.05) is 55.9 Å². The average molecular weight is 489 g/mol. The van der Waals surface area contributed by atoms with Crippen LogP contribution in [0, 0.1) is 5.92 Å². The minimum atomic E-state index is -0.649. The number of nitrogens with zero attached hydrogens (tertiary/aromatic N) is 3. The third-order valence-electron chi connectivity index (χ3n) is 6.94. The van der Waals surface area contributed by atoms with Crippen molar-refractivity contribution < 1.29 is 19.1 Å². The minimum absolute atomic E-state index is 0.195. The van der Waals surface area contributed by atoms with E-state index >= 15 is 0 Å². The molecule has 2 heterocycles. The van der Waals surface area contributed by atoms with Gasteiger partial charge in [-0.1, -0.05) is 30.2 Å². The molecule has 0 bridgehead atoms. The number of carbonyl (C=O) groups excluding carboxylic acids is 3. The molecule has 1 saturated heterocycles. The lowest BCUT2D eigenvalue weighted by Gasteiger charge is -2.41. The number of esters is 1. The molecule has 3 aliphatic rings. The van der Waals surface area contributed by atoms with Crippen molar-refractivity contribution >= 4 is 29.5 Å². The molecule has 4 rings (SSSR count). The van der Waals surface area contributed by atoms with Gasteiger partial charge in [0.15, 0.2) is 0 Å². The van der Waals surface area contributed by atoms with E-state index in [0.717, 1.165) is 24.8 Å². The highest BCUT2D eigenvalue weighted by Gasteiger charge is 2.39. The van der Waals surface area contributed by atoms with Gasteiger partial charge in [0.05, 0.1) is 18.2 Å². The highest BCUT2D eigenvalue weighted by atomic mass is 35.5. The Balaban J connectivity index is 1.61. The normalized spacial score (nSPS) is 21.9. The van der Waals surface area contributed by atoms with Gasteiger partial charge in [0.25, 0.3) is 0 Å². The highest BCUT2D eigenvalue weighted by molar-refractivity contribution is 6.30. The van der Waals surface area contributed by atoms with Crippen LogP contribution in [0.4, 0.5) is 4.79 Å². The standard InChI is InChI=1S/C25H33ClN4O4/c1-3-30-20(16-28-11-13-29(14-12-28)23(31)17-7-5-8-17)21(24(32)34-4-2)22(27-25(30)33)18-9-6-10-19(26)15-18/h6,9-10,15,17,22H,3-5,7-8,11-14,16H2,1-2H3,(H,27,33). The summed E-state index contributed by atoms with van der Waals surface area (Å²) < 4.78 is 5.43. The lowest BCUT2D eigenvalue weighted by Crippen LogP contribution is -2.54. The largest absolute Gasteiger partial charge is 0.463 e. The van der Waals surface area contributed by atoms with Crippen molar-refractivity contribution in [2.24, 2.45) is 5.92 Å². The quantitative estimate of drug-likeness (QED) is 0.596. The lowest BCUT2D eigenvalue weighted by molar-refractivity contribution is -0.140. The van der Waals surface area contributed by atoms with E-state index in [0.29, 0.717) is 55.6 Å². The monoisotopic (exact) mass is 488 g/mol. The smallest absolute Gasteiger partial charge is 0.338 e. The lowest BCUT2D eigenvalue weighted by atomic mass is 9.84. The maximum absolute atomic E-state index is 13.2. The fourth-order valence-corrected chi connectivity index (χ4v) is 5.04. The number of nitrogens with one attached hydrogen (secondary N) is 1. The molecule has 1 aliphatic carbocycles. The number of hydrogen-bond donors (Lipinski definition) is 1. The SMILES string of the molecule is CCOC(=O)C1=C(CN2CCN(C(=O)C3CCC3)CC2)N(CC)C(=O)NC1c1cccc(Cl)c1. The summed E-state index contributed by atoms with van der Waals surface area (Å²) in [5.41, 5.74) is 1.81. The maximum atomic E-state index is 13.2. The second-order valence-corrected chi connectivity index (χ2v) is 9.43. The fraction of sp³-hybridized carbons (Fsp3) is 0.560. The summed E-state index contributed by atoms with van der Waals surface area (Å²) in [6, 6.07) is 6.26. The summed E-state index contributed by atoms with van der Waals surface area (Å²) in [5, 5.41) is 3.49. The molecule has 8 nitrogen and oxygen atoms in total. The number of amides is 3. The minimum Gasteiger partial charge on any atom is -0.463 e. The zero-order chi connectivity index (χ0) is 24.2. The molecule has 0 spiro atoms. The van der Waals surface area contributed by atoms with Crippen LogP contribution in [0.5, 0.6) is 0 Å². The van der Waals surface area contributed by atoms with Crippen LogP contribution in [0.2, 0.25) is 5.02 Å². The molecule has 1 saturated carbocycles. The zero-order valence-electron chi connectivity index (χ0n) is 19.9. The molecule has 1 N–H and O–H groups in total. The number of carbonyl (C=O) groups is 3. The molecule has 3 amide bonds. The van der Waals surface area contributed by atoms with E-state index in [2.05, 4.69) is 10.2 Å². The number of hydrogen-bond acceptors (Lipinski definition) is 5. The van der Waals surface area contributed by atoms with Gasteiger partial charge in [-0.05, 0) is 44.4 Å². The van der Waals surface area contributed by atoms with E-state index < -0.39 is 12.0 Å². The number of urea groups is 1. The van der Waals surface area contributed by atoms with Crippen LogP contribution in [0.25, 0.3) is 0 Å². The van der Waals surface area contributed by atoms with Crippen molar-refractivity contribution in [2.75, 3.05) is 45.9 Å². The molecule has 0 aromatic heterocycles. The number of rotatable bonds is 7. The van der Waals surface area contributed by atoms with Crippen LogP contribution in [0.1, 0.15) is 44.7 Å². The molecule has 2 aliphatic heterocycles. The number of likely N-dealkylation sites (N-methyl/N-ethyl adjacent to an activating group) is 1. The predicted molar refractivity (Wildman–Crippen MR) is 129 cm³/mol. The van der Waals surface area contributed by atoms with Gasteiger partial charge in [-0.15, -0.1) is 0 Å². The first-order valence-electron chi connectivity index (χ1n) is 12.2. The Kier molecular flexibility index (Phi) is 7.78. The Morgan fingerprint density at radius 2 is 1.88 bits per heavy atom. The van der Waals surface area contributed by atoms with Gasteiger partial charge in [-0.3, -0.25) is 14.6 Å². The summed E-state index contributed by atoms with van der Waals surface area (Å²) in [5.74, 6) is 0.0195. The number of ether oxygens (including phenoxy) is 1. The summed E-state index contributed by atoms with van der Waals surface area (Å²) in [4.78, 5) is 44.6. The first kappa shape index (κ1) is 24.5. The molecular weight excluding hydrogens is 456 g/mol. The molecule has 184 valence electrons. The predicted octanol–water partition coefficient (Wildman–Crippen LogP) is 3.19. The molecule has 1 aromatic rings. The number of piperazine rings is 1. The van der Waals surface area contributed by atoms with E-state index in [9.17, 15) is 14.4 Å². The van der Waals surface area contributed by atoms with Crippen LogP contribution in [-0.4, -0.2) is 78.5 Å². The van der Waals surface area contributed by atoms with E-state index in [1.807, 2.05) is 17.9 Å². The second-order valence-electron chi connectivity index (χ2n) is 8.99. The summed E-state index contributed by atoms with van der Waals surface area (Å²) >= 11 is 6.22. The first-order chi connectivity index (χ1) is 16.4. The molecule has 1 atom stereocenters. The topological polar surface area (TPSA) is 82.2 Å². The van der Waals surface area contributed by atoms with Crippen LogP contribution >= 0.6 is 11.6 Å². The van der Waals surface area contributed by atoms with Crippen molar-refractivity contribution in [2.45, 2.75) is 39.2 Å². The molecule has 1 unspecified atom stereocenters. The van der Waals surface area contributed by atoms with Crippen molar-refractivity contribution in [3.05, 3.63) is 46.1 Å². The fourth-order valence-electron chi connectivity index (χ4n) is 4.85. The van der Waals surface area contributed by atoms with Crippen LogP contribution in [0.15, 0.2) is 35.5 Å². The first-order valence-corrected chi connectivity index (χ1v) is 12.6. The zero-order valence-corrected chi connectivity index (χ0v) is 20.6. The Morgan fingerprint density at radius 1 is 1.15 bits per heavy atom. The van der Waals surface area contributed by atoms with E-state index in [4.69, 9.17) is 16.3 Å². The summed E-state index contributed by atoms with van der Waals surface area (Å²) in [6.45, 7) is 7.45. The van der Waals surface area contributed by atoms with Gasteiger partial charge in [0.1, 0.15) is 0 Å². The van der Waals surface area contributed by atoms with Crippen molar-refractivity contribution in [1.29, 1.82) is 0 Å². The van der Waals surface area contributed by atoms with E-state index in [1.54, 1.807) is 30.0 Å². The van der Waals surface area contributed by atoms with Crippen molar-refractivity contribution in [3.63, 3.8) is 0 Å². The summed E-state index contributed by atoms with van der Waals surface area (Å²) in [6.07, 6.45) is 3.14. The van der Waals surface area contributed by atoms with Crippen LogP contribution in [0.3, 0.4) is 0 Å². The Morgan fingerprint density at radius 3 is 2.47 bits per heavy atom. The van der Waals surface area contributed by atoms with Gasteiger partial charge in [-0.2, -0.15) is 0 Å². The van der Waals surface area contributed by atoms with Gasteiger partial charge < -0.3 is 15.0 Å². The molecule has 1 aromatic carbocycles. The second kappa shape index (κ2) is 10.8. The number of halogens is 1. The third-order valence-corrected chi connectivity index (χ3v) is 7.18. The van der Waals surface area contributed by atoms with E-state index in [1.165, 1.54) is 0 Å². The van der Waals surface area contributed by atoms with Gasteiger partial charge in [0.2, 0.25) is 5.91 Å². The molecule has 34 heavy (non-hydrogen) atoms. The third kappa shape index (κ3) is 5.08. The highest BCUT2D eigenvalue weighted by Crippen LogP contribution is 2.33. The van der Waals surface area contributed by atoms with E-state index in [-0.39, 0.29) is 24.5 Å². The molecular formula is C25H33ClN4O4. The molecule has 2 fully saturated rings. The van der Waals surface area contributed by atoms with Gasteiger partial charge >= 0.3 is 12.0 Å². The summed E-state index contributed by atoms with van der Waals surface area (Å²) in [7, 11) is 0. The van der Waals surface area contributed by atoms with Gasteiger partial charge in [-0.25, -0.2) is 9.59 Å².